The molecular weight excluding hydrogens is 244 g/mol. The second kappa shape index (κ2) is 5.72. The average Bonchev–Trinajstić information content (AvgIpc) is 2.78. The van der Waals surface area contributed by atoms with Crippen molar-refractivity contribution < 1.29 is 14.5 Å². The first kappa shape index (κ1) is 14.0. The molecule has 0 spiro atoms. The van der Waals surface area contributed by atoms with Gasteiger partial charge in [-0.1, -0.05) is 30.1 Å². The van der Waals surface area contributed by atoms with Crippen LogP contribution in [-0.4, -0.2) is 21.4 Å². The SMILES string of the molecule is CCCC1CCC(Cc2nonc2C)(C(=O)O)CC1. The van der Waals surface area contributed by atoms with Crippen LogP contribution in [0.5, 0.6) is 0 Å². The molecule has 1 saturated carbocycles. The molecular formula is C14H22N2O3. The number of carboxylic acid groups (broad SMARTS) is 1. The van der Waals surface area contributed by atoms with Crippen molar-refractivity contribution in [2.45, 2.75) is 58.8 Å². The van der Waals surface area contributed by atoms with Gasteiger partial charge in [0.15, 0.2) is 0 Å². The van der Waals surface area contributed by atoms with E-state index in [0.29, 0.717) is 23.7 Å². The topological polar surface area (TPSA) is 76.2 Å². The smallest absolute Gasteiger partial charge is 0.310 e. The van der Waals surface area contributed by atoms with Gasteiger partial charge in [-0.2, -0.15) is 0 Å². The fourth-order valence-electron chi connectivity index (χ4n) is 3.12. The highest BCUT2D eigenvalue weighted by molar-refractivity contribution is 5.75. The van der Waals surface area contributed by atoms with Crippen LogP contribution in [0.1, 0.15) is 56.8 Å². The van der Waals surface area contributed by atoms with Gasteiger partial charge in [0.25, 0.3) is 0 Å². The molecule has 5 heteroatoms. The van der Waals surface area contributed by atoms with Gasteiger partial charge in [0.05, 0.1) is 5.41 Å². The van der Waals surface area contributed by atoms with Gasteiger partial charge in [-0.25, -0.2) is 4.63 Å². The number of aliphatic carboxylic acids is 1. The Labute approximate surface area is 113 Å². The molecule has 0 atom stereocenters. The summed E-state index contributed by atoms with van der Waals surface area (Å²) in [5.41, 5.74) is 0.723. The van der Waals surface area contributed by atoms with Gasteiger partial charge in [0.1, 0.15) is 11.4 Å². The number of carbonyl (C=O) groups is 1. The molecule has 1 aliphatic carbocycles. The highest BCUT2D eigenvalue weighted by atomic mass is 16.6. The zero-order valence-corrected chi connectivity index (χ0v) is 11.7. The lowest BCUT2D eigenvalue weighted by molar-refractivity contribution is -0.151. The molecule has 19 heavy (non-hydrogen) atoms. The Bertz CT molecular complexity index is 434. The summed E-state index contributed by atoms with van der Waals surface area (Å²) in [7, 11) is 0. The van der Waals surface area contributed by atoms with E-state index in [1.807, 2.05) is 6.92 Å². The normalized spacial score (nSPS) is 27.4. The highest BCUT2D eigenvalue weighted by Crippen LogP contribution is 2.43. The third-order valence-electron chi connectivity index (χ3n) is 4.47. The van der Waals surface area contributed by atoms with Crippen LogP contribution in [0.3, 0.4) is 0 Å². The standard InChI is InChI=1S/C14H22N2O3/c1-3-4-11-5-7-14(8-6-11,13(17)18)9-12-10(2)15-19-16-12/h11H,3-9H2,1-2H3,(H,17,18). The molecule has 0 aliphatic heterocycles. The Balaban J connectivity index is 2.08. The summed E-state index contributed by atoms with van der Waals surface area (Å²) in [6, 6.07) is 0. The molecule has 5 nitrogen and oxygen atoms in total. The van der Waals surface area contributed by atoms with Gasteiger partial charge >= 0.3 is 5.97 Å². The molecule has 1 fully saturated rings. The molecule has 0 amide bonds. The maximum Gasteiger partial charge on any atom is 0.310 e. The Morgan fingerprint density at radius 3 is 2.58 bits per heavy atom. The predicted octanol–water partition coefficient (Wildman–Crippen LogP) is 2.98. The summed E-state index contributed by atoms with van der Waals surface area (Å²) < 4.78 is 4.68. The minimum atomic E-state index is -0.704. The van der Waals surface area contributed by atoms with E-state index < -0.39 is 11.4 Å². The van der Waals surface area contributed by atoms with Gasteiger partial charge in [-0.05, 0) is 38.5 Å². The van der Waals surface area contributed by atoms with Gasteiger partial charge in [0.2, 0.25) is 0 Å². The molecule has 1 aromatic rings. The van der Waals surface area contributed by atoms with E-state index in [-0.39, 0.29) is 0 Å². The molecule has 0 unspecified atom stereocenters. The van der Waals surface area contributed by atoms with Crippen molar-refractivity contribution in [3.8, 4) is 0 Å². The number of hydrogen-bond donors (Lipinski definition) is 1. The Hall–Kier alpha value is -1.39. The van der Waals surface area contributed by atoms with Gasteiger partial charge in [0, 0.05) is 6.42 Å². The minimum absolute atomic E-state index is 0.441. The van der Waals surface area contributed by atoms with E-state index in [9.17, 15) is 9.90 Å². The lowest BCUT2D eigenvalue weighted by Gasteiger charge is -2.36. The zero-order chi connectivity index (χ0) is 13.9. The Morgan fingerprint density at radius 2 is 2.11 bits per heavy atom. The van der Waals surface area contributed by atoms with E-state index in [2.05, 4.69) is 21.9 Å². The number of nitrogens with zero attached hydrogens (tertiary/aromatic N) is 2. The number of aryl methyl sites for hydroxylation is 1. The Morgan fingerprint density at radius 1 is 1.42 bits per heavy atom. The number of carboxylic acids is 1. The van der Waals surface area contributed by atoms with Crippen molar-refractivity contribution in [1.82, 2.24) is 10.3 Å². The second-order valence-corrected chi connectivity index (χ2v) is 5.79. The first-order valence-corrected chi connectivity index (χ1v) is 7.09. The van der Waals surface area contributed by atoms with E-state index >= 15 is 0 Å². The van der Waals surface area contributed by atoms with Crippen LogP contribution in [-0.2, 0) is 11.2 Å². The number of aromatic nitrogens is 2. The van der Waals surface area contributed by atoms with Crippen LogP contribution in [0.25, 0.3) is 0 Å². The number of rotatable bonds is 5. The summed E-state index contributed by atoms with van der Waals surface area (Å²) >= 11 is 0. The predicted molar refractivity (Wildman–Crippen MR) is 69.7 cm³/mol. The molecule has 1 aliphatic rings. The lowest BCUT2D eigenvalue weighted by atomic mass is 9.67. The van der Waals surface area contributed by atoms with Crippen molar-refractivity contribution in [3.63, 3.8) is 0 Å². The fraction of sp³-hybridized carbons (Fsp3) is 0.786. The molecule has 106 valence electrons. The minimum Gasteiger partial charge on any atom is -0.481 e. The summed E-state index contributed by atoms with van der Waals surface area (Å²) in [6.07, 6.45) is 6.31. The van der Waals surface area contributed by atoms with Crippen molar-refractivity contribution in [2.75, 3.05) is 0 Å². The molecule has 1 aromatic heterocycles. The molecule has 1 N–H and O–H groups in total. The van der Waals surface area contributed by atoms with Crippen LogP contribution in [0.15, 0.2) is 4.63 Å². The third-order valence-corrected chi connectivity index (χ3v) is 4.47. The zero-order valence-electron chi connectivity index (χ0n) is 11.7. The summed E-state index contributed by atoms with van der Waals surface area (Å²) in [4.78, 5) is 11.7. The van der Waals surface area contributed by atoms with E-state index in [4.69, 9.17) is 0 Å². The first-order chi connectivity index (χ1) is 9.07. The summed E-state index contributed by atoms with van der Waals surface area (Å²) in [5.74, 6) is -0.0149. The van der Waals surface area contributed by atoms with Crippen molar-refractivity contribution in [3.05, 3.63) is 11.4 Å². The molecule has 0 bridgehead atoms. The maximum atomic E-state index is 11.7. The quantitative estimate of drug-likeness (QED) is 0.886. The van der Waals surface area contributed by atoms with Crippen LogP contribution < -0.4 is 0 Å². The monoisotopic (exact) mass is 266 g/mol. The fourth-order valence-corrected chi connectivity index (χ4v) is 3.12. The molecule has 0 radical (unpaired) electrons. The number of hydrogen-bond acceptors (Lipinski definition) is 4. The van der Waals surface area contributed by atoms with Gasteiger partial charge in [-0.3, -0.25) is 4.79 Å². The molecule has 0 aromatic carbocycles. The van der Waals surface area contributed by atoms with E-state index in [1.165, 1.54) is 12.8 Å². The van der Waals surface area contributed by atoms with Crippen LogP contribution in [0.2, 0.25) is 0 Å². The molecule has 1 heterocycles. The highest BCUT2D eigenvalue weighted by Gasteiger charge is 2.42. The van der Waals surface area contributed by atoms with Gasteiger partial charge < -0.3 is 5.11 Å². The van der Waals surface area contributed by atoms with E-state index in [1.54, 1.807) is 0 Å². The average molecular weight is 266 g/mol. The van der Waals surface area contributed by atoms with Gasteiger partial charge in [-0.15, -0.1) is 0 Å². The lowest BCUT2D eigenvalue weighted by Crippen LogP contribution is -2.37. The Kier molecular flexibility index (Phi) is 4.22. The summed E-state index contributed by atoms with van der Waals surface area (Å²) in [5, 5.41) is 17.2. The van der Waals surface area contributed by atoms with Crippen LogP contribution in [0.4, 0.5) is 0 Å². The second-order valence-electron chi connectivity index (χ2n) is 5.79. The largest absolute Gasteiger partial charge is 0.481 e. The first-order valence-electron chi connectivity index (χ1n) is 7.09. The maximum absolute atomic E-state index is 11.7. The summed E-state index contributed by atoms with van der Waals surface area (Å²) in [6.45, 7) is 3.99. The van der Waals surface area contributed by atoms with Crippen molar-refractivity contribution in [1.29, 1.82) is 0 Å². The van der Waals surface area contributed by atoms with E-state index in [0.717, 1.165) is 25.7 Å². The molecule has 0 saturated heterocycles. The molecule has 2 rings (SSSR count). The van der Waals surface area contributed by atoms with Crippen molar-refractivity contribution in [2.24, 2.45) is 11.3 Å². The van der Waals surface area contributed by atoms with Crippen molar-refractivity contribution >= 4 is 5.97 Å². The third kappa shape index (κ3) is 2.96. The van der Waals surface area contributed by atoms with Crippen LogP contribution >= 0.6 is 0 Å². The van der Waals surface area contributed by atoms with Crippen LogP contribution in [0, 0.1) is 18.3 Å².